The number of amides is 1. The monoisotopic (exact) mass is 373 g/mol. The molecule has 2 N–H and O–H groups in total. The van der Waals surface area contributed by atoms with E-state index >= 15 is 0 Å². The fourth-order valence-corrected chi connectivity index (χ4v) is 2.27. The van der Waals surface area contributed by atoms with Crippen LogP contribution in [0.25, 0.3) is 0 Å². The first-order valence-corrected chi connectivity index (χ1v) is 8.58. The van der Waals surface area contributed by atoms with Gasteiger partial charge in [-0.1, -0.05) is 0 Å². The Hall–Kier alpha value is -3.22. The Morgan fingerprint density at radius 3 is 2.33 bits per heavy atom. The van der Waals surface area contributed by atoms with Crippen molar-refractivity contribution in [3.8, 4) is 17.2 Å². The van der Waals surface area contributed by atoms with Gasteiger partial charge in [0, 0.05) is 11.3 Å². The number of ether oxygens (including phenoxy) is 3. The topological polar surface area (TPSA) is 94.1 Å². The third-order valence-corrected chi connectivity index (χ3v) is 3.34. The number of carboxylic acids is 1. The Balaban J connectivity index is 2.10. The number of carbonyl (C=O) groups is 2. The first kappa shape index (κ1) is 20.1. The lowest BCUT2D eigenvalue weighted by Crippen LogP contribution is -2.13. The Bertz CT molecular complexity index is 786. The second-order valence-electron chi connectivity index (χ2n) is 5.92. The van der Waals surface area contributed by atoms with Gasteiger partial charge in [0.15, 0.2) is 18.1 Å². The molecule has 1 amide bonds. The molecule has 2 aromatic carbocycles. The molecule has 144 valence electrons. The van der Waals surface area contributed by atoms with E-state index in [2.05, 4.69) is 5.32 Å². The largest absolute Gasteiger partial charge is 0.491 e. The third-order valence-electron chi connectivity index (χ3n) is 3.34. The Morgan fingerprint density at radius 2 is 1.74 bits per heavy atom. The Morgan fingerprint density at radius 1 is 1.04 bits per heavy atom. The molecule has 0 atom stereocenters. The van der Waals surface area contributed by atoms with Crippen LogP contribution >= 0.6 is 0 Å². The van der Waals surface area contributed by atoms with Crippen LogP contribution in [0, 0.1) is 0 Å². The lowest BCUT2D eigenvalue weighted by atomic mass is 10.1. The van der Waals surface area contributed by atoms with Gasteiger partial charge in [0.2, 0.25) is 0 Å². The molecule has 0 aromatic heterocycles. The van der Waals surface area contributed by atoms with Crippen molar-refractivity contribution in [2.45, 2.75) is 26.9 Å². The molecule has 0 radical (unpaired) electrons. The van der Waals surface area contributed by atoms with Gasteiger partial charge in [0.1, 0.15) is 5.75 Å². The normalized spacial score (nSPS) is 10.4. The minimum absolute atomic E-state index is 0.0734. The van der Waals surface area contributed by atoms with Crippen LogP contribution in [-0.4, -0.2) is 36.3 Å². The maximum absolute atomic E-state index is 12.5. The molecule has 0 fully saturated rings. The van der Waals surface area contributed by atoms with Crippen LogP contribution < -0.4 is 19.5 Å². The van der Waals surface area contributed by atoms with Gasteiger partial charge in [-0.2, -0.15) is 0 Å². The van der Waals surface area contributed by atoms with Crippen LogP contribution in [0.15, 0.2) is 42.5 Å². The van der Waals surface area contributed by atoms with Gasteiger partial charge in [0.05, 0.1) is 12.7 Å². The molecule has 0 saturated heterocycles. The van der Waals surface area contributed by atoms with Crippen LogP contribution in [-0.2, 0) is 4.79 Å². The summed E-state index contributed by atoms with van der Waals surface area (Å²) in [6, 6.07) is 11.7. The lowest BCUT2D eigenvalue weighted by molar-refractivity contribution is -0.139. The van der Waals surface area contributed by atoms with Gasteiger partial charge in [-0.3, -0.25) is 4.79 Å². The molecule has 7 heteroatoms. The highest BCUT2D eigenvalue weighted by Gasteiger charge is 2.13. The molecule has 0 aliphatic rings. The summed E-state index contributed by atoms with van der Waals surface area (Å²) in [5.41, 5.74) is 0.990. The minimum atomic E-state index is -1.09. The minimum Gasteiger partial charge on any atom is -0.491 e. The third kappa shape index (κ3) is 6.22. The summed E-state index contributed by atoms with van der Waals surface area (Å²) in [5, 5.41) is 11.5. The lowest BCUT2D eigenvalue weighted by Gasteiger charge is -2.13. The molecule has 0 heterocycles. The van der Waals surface area contributed by atoms with E-state index < -0.39 is 12.6 Å². The average molecular weight is 373 g/mol. The van der Waals surface area contributed by atoms with Crippen LogP contribution in [0.4, 0.5) is 5.69 Å². The van der Waals surface area contributed by atoms with Crippen molar-refractivity contribution in [2.75, 3.05) is 18.5 Å². The van der Waals surface area contributed by atoms with Crippen LogP contribution in [0.5, 0.6) is 17.2 Å². The van der Waals surface area contributed by atoms with Gasteiger partial charge < -0.3 is 24.6 Å². The summed E-state index contributed by atoms with van der Waals surface area (Å²) >= 11 is 0. The van der Waals surface area contributed by atoms with Crippen molar-refractivity contribution >= 4 is 17.6 Å². The molecule has 0 aliphatic heterocycles. The van der Waals surface area contributed by atoms with Crippen molar-refractivity contribution < 1.29 is 28.9 Å². The van der Waals surface area contributed by atoms with E-state index in [-0.39, 0.29) is 17.8 Å². The highest BCUT2D eigenvalue weighted by molar-refractivity contribution is 6.04. The molecule has 0 spiro atoms. The molecule has 0 bridgehead atoms. The van der Waals surface area contributed by atoms with Crippen molar-refractivity contribution in [1.29, 1.82) is 0 Å². The first-order chi connectivity index (χ1) is 12.9. The highest BCUT2D eigenvalue weighted by atomic mass is 16.5. The number of anilines is 1. The SMILES string of the molecule is CCOc1cc(C(=O)Nc2ccc(OC(C)C)cc2)ccc1OCC(=O)O. The van der Waals surface area contributed by atoms with Gasteiger partial charge >= 0.3 is 5.97 Å². The Labute approximate surface area is 157 Å². The van der Waals surface area contributed by atoms with Crippen LogP contribution in [0.2, 0.25) is 0 Å². The number of rotatable bonds is 9. The standard InChI is InChI=1S/C20H23NO6/c1-4-25-18-11-14(5-10-17(18)26-12-19(22)23)20(24)21-15-6-8-16(9-7-15)27-13(2)3/h5-11,13H,4,12H2,1-3H3,(H,21,24)(H,22,23). The van der Waals surface area contributed by atoms with E-state index in [9.17, 15) is 9.59 Å². The quantitative estimate of drug-likeness (QED) is 0.698. The van der Waals surface area contributed by atoms with E-state index in [1.165, 1.54) is 12.1 Å². The van der Waals surface area contributed by atoms with Crippen molar-refractivity contribution in [1.82, 2.24) is 0 Å². The fourth-order valence-electron chi connectivity index (χ4n) is 2.27. The summed E-state index contributed by atoms with van der Waals surface area (Å²) in [6.45, 7) is 5.53. The van der Waals surface area contributed by atoms with Crippen LogP contribution in [0.3, 0.4) is 0 Å². The zero-order chi connectivity index (χ0) is 19.8. The maximum atomic E-state index is 12.5. The van der Waals surface area contributed by atoms with Crippen LogP contribution in [0.1, 0.15) is 31.1 Å². The summed E-state index contributed by atoms with van der Waals surface area (Å²) in [4.78, 5) is 23.1. The van der Waals surface area contributed by atoms with Gasteiger partial charge in [0.25, 0.3) is 5.91 Å². The number of nitrogens with one attached hydrogen (secondary N) is 1. The zero-order valence-electron chi connectivity index (χ0n) is 15.5. The summed E-state index contributed by atoms with van der Waals surface area (Å²) in [6.07, 6.45) is 0.0734. The van der Waals surface area contributed by atoms with Gasteiger partial charge in [-0.05, 0) is 63.2 Å². The van der Waals surface area contributed by atoms with Gasteiger partial charge in [-0.25, -0.2) is 4.79 Å². The molecular formula is C20H23NO6. The number of aliphatic carboxylic acids is 1. The van der Waals surface area contributed by atoms with E-state index in [1.54, 1.807) is 37.3 Å². The second kappa shape index (κ2) is 9.47. The number of carbonyl (C=O) groups excluding carboxylic acids is 1. The van der Waals surface area contributed by atoms with E-state index in [0.717, 1.165) is 5.75 Å². The molecule has 0 aliphatic carbocycles. The predicted molar refractivity (Wildman–Crippen MR) is 101 cm³/mol. The van der Waals surface area contributed by atoms with E-state index in [1.807, 2.05) is 13.8 Å². The molecule has 2 rings (SSSR count). The molecular weight excluding hydrogens is 350 g/mol. The fraction of sp³-hybridized carbons (Fsp3) is 0.300. The van der Waals surface area contributed by atoms with Gasteiger partial charge in [-0.15, -0.1) is 0 Å². The maximum Gasteiger partial charge on any atom is 0.341 e. The smallest absolute Gasteiger partial charge is 0.341 e. The molecule has 7 nitrogen and oxygen atoms in total. The summed E-state index contributed by atoms with van der Waals surface area (Å²) in [7, 11) is 0. The van der Waals surface area contributed by atoms with E-state index in [0.29, 0.717) is 23.6 Å². The number of hydrogen-bond donors (Lipinski definition) is 2. The van der Waals surface area contributed by atoms with Crippen molar-refractivity contribution in [3.63, 3.8) is 0 Å². The zero-order valence-corrected chi connectivity index (χ0v) is 15.5. The Kier molecular flexibility index (Phi) is 7.05. The molecule has 2 aromatic rings. The molecule has 27 heavy (non-hydrogen) atoms. The molecule has 0 saturated carbocycles. The van der Waals surface area contributed by atoms with Crippen molar-refractivity contribution in [2.24, 2.45) is 0 Å². The number of benzene rings is 2. The summed E-state index contributed by atoms with van der Waals surface area (Å²) < 4.78 is 16.2. The number of hydrogen-bond acceptors (Lipinski definition) is 5. The predicted octanol–water partition coefficient (Wildman–Crippen LogP) is 3.59. The second-order valence-corrected chi connectivity index (χ2v) is 5.92. The van der Waals surface area contributed by atoms with Crippen molar-refractivity contribution in [3.05, 3.63) is 48.0 Å². The highest BCUT2D eigenvalue weighted by Crippen LogP contribution is 2.29. The number of carboxylic acid groups (broad SMARTS) is 1. The first-order valence-electron chi connectivity index (χ1n) is 8.58. The summed E-state index contributed by atoms with van der Waals surface area (Å²) in [5.74, 6) is -0.109. The van der Waals surface area contributed by atoms with E-state index in [4.69, 9.17) is 19.3 Å². The molecule has 0 unspecified atom stereocenters. The average Bonchev–Trinajstić information content (AvgIpc) is 2.62.